The Morgan fingerprint density at radius 1 is 1.12 bits per heavy atom. The first-order valence-corrected chi connectivity index (χ1v) is 10.3. The van der Waals surface area contributed by atoms with Gasteiger partial charge in [0, 0.05) is 0 Å². The van der Waals surface area contributed by atoms with E-state index < -0.39 is 8.07 Å². The van der Waals surface area contributed by atoms with Gasteiger partial charge in [0.15, 0.2) is 0 Å². The Morgan fingerprint density at radius 2 is 1.82 bits per heavy atom. The third-order valence-corrected chi connectivity index (χ3v) is 3.30. The van der Waals surface area contributed by atoms with Gasteiger partial charge in [-0.15, -0.1) is 5.54 Å². The Morgan fingerprint density at radius 3 is 2.41 bits per heavy atom. The second kappa shape index (κ2) is 9.30. The Bertz CT molecular complexity index is 305. The highest BCUT2D eigenvalue weighted by Gasteiger charge is 2.06. The highest BCUT2D eigenvalue weighted by atomic mass is 28.3. The number of rotatable bonds is 6. The molecule has 0 aromatic heterocycles. The summed E-state index contributed by atoms with van der Waals surface area (Å²) in [6.07, 6.45) is 13.0. The predicted molar refractivity (Wildman–Crippen MR) is 82.8 cm³/mol. The zero-order chi connectivity index (χ0) is 13.1. The molecule has 0 atom stereocenters. The highest BCUT2D eigenvalue weighted by Crippen LogP contribution is 2.06. The minimum Gasteiger partial charge on any atom is -0.127 e. The highest BCUT2D eigenvalue weighted by molar-refractivity contribution is 6.83. The molecule has 0 heterocycles. The topological polar surface area (TPSA) is 0 Å². The maximum absolute atomic E-state index is 3.34. The van der Waals surface area contributed by atoms with Gasteiger partial charge in [-0.3, -0.25) is 0 Å². The molecule has 0 saturated heterocycles. The van der Waals surface area contributed by atoms with Crippen molar-refractivity contribution in [3.05, 3.63) is 23.8 Å². The van der Waals surface area contributed by atoms with Crippen LogP contribution >= 0.6 is 0 Å². The molecule has 0 saturated carbocycles. The lowest BCUT2D eigenvalue weighted by molar-refractivity contribution is 0.674. The van der Waals surface area contributed by atoms with Crippen LogP contribution < -0.4 is 0 Å². The number of unbranched alkanes of at least 4 members (excludes halogenated alkanes) is 4. The molecular weight excluding hydrogens is 220 g/mol. The average Bonchev–Trinajstić information content (AvgIpc) is 2.23. The van der Waals surface area contributed by atoms with E-state index in [1.54, 1.807) is 0 Å². The standard InChI is InChI=1S/C16H28Si/c1-6-7-8-9-10-13-16(2)14-11-12-15-17(3,4)5/h11,13-14H,6-10H2,1-5H3/b14-11+,16-13-. The normalized spacial score (nSPS) is 12.6. The summed E-state index contributed by atoms with van der Waals surface area (Å²) in [6, 6.07) is 0. The van der Waals surface area contributed by atoms with Gasteiger partial charge in [-0.05, 0) is 25.8 Å². The number of allylic oxidation sites excluding steroid dienone is 4. The van der Waals surface area contributed by atoms with E-state index in [2.05, 4.69) is 57.1 Å². The fraction of sp³-hybridized carbons (Fsp3) is 0.625. The van der Waals surface area contributed by atoms with Crippen molar-refractivity contribution in [2.24, 2.45) is 0 Å². The van der Waals surface area contributed by atoms with E-state index in [-0.39, 0.29) is 0 Å². The van der Waals surface area contributed by atoms with Gasteiger partial charge in [0.05, 0.1) is 0 Å². The first-order valence-electron chi connectivity index (χ1n) is 6.81. The molecule has 0 N–H and O–H groups in total. The molecule has 0 nitrogen and oxygen atoms in total. The smallest absolute Gasteiger partial charge is 0.127 e. The summed E-state index contributed by atoms with van der Waals surface area (Å²) in [7, 11) is -1.20. The van der Waals surface area contributed by atoms with Crippen LogP contribution in [0.1, 0.15) is 46.0 Å². The van der Waals surface area contributed by atoms with E-state index in [1.807, 2.05) is 6.08 Å². The maximum Gasteiger partial charge on any atom is 0.129 e. The van der Waals surface area contributed by atoms with E-state index in [0.717, 1.165) is 0 Å². The van der Waals surface area contributed by atoms with Crippen LogP contribution in [0.4, 0.5) is 0 Å². The molecule has 0 aliphatic rings. The molecule has 0 fully saturated rings. The lowest BCUT2D eigenvalue weighted by atomic mass is 10.1. The van der Waals surface area contributed by atoms with E-state index in [4.69, 9.17) is 0 Å². The number of hydrogen-bond donors (Lipinski definition) is 0. The maximum atomic E-state index is 3.34. The molecule has 96 valence electrons. The van der Waals surface area contributed by atoms with Crippen LogP contribution in [0.25, 0.3) is 0 Å². The van der Waals surface area contributed by atoms with Crippen LogP contribution in [0, 0.1) is 11.5 Å². The lowest BCUT2D eigenvalue weighted by Crippen LogP contribution is -2.16. The quantitative estimate of drug-likeness (QED) is 0.257. The van der Waals surface area contributed by atoms with Crippen LogP contribution in [0.15, 0.2) is 23.8 Å². The van der Waals surface area contributed by atoms with Gasteiger partial charge >= 0.3 is 0 Å². The third-order valence-electron chi connectivity index (χ3n) is 2.40. The van der Waals surface area contributed by atoms with E-state index in [9.17, 15) is 0 Å². The molecule has 0 spiro atoms. The fourth-order valence-corrected chi connectivity index (χ4v) is 1.92. The second-order valence-corrected chi connectivity index (χ2v) is 10.4. The molecule has 0 amide bonds. The van der Waals surface area contributed by atoms with Gasteiger partial charge in [-0.1, -0.05) is 69.5 Å². The van der Waals surface area contributed by atoms with Crippen molar-refractivity contribution >= 4 is 8.07 Å². The Balaban J connectivity index is 3.90. The molecule has 0 bridgehead atoms. The van der Waals surface area contributed by atoms with Crippen LogP contribution in [-0.2, 0) is 0 Å². The Labute approximate surface area is 109 Å². The Hall–Kier alpha value is -0.743. The third kappa shape index (κ3) is 13.2. The monoisotopic (exact) mass is 248 g/mol. The lowest BCUT2D eigenvalue weighted by Gasteiger charge is -2.02. The molecular formula is C16H28Si. The first kappa shape index (κ1) is 16.3. The molecule has 0 aromatic rings. The molecule has 0 unspecified atom stereocenters. The van der Waals surface area contributed by atoms with Crippen molar-refractivity contribution in [2.45, 2.75) is 65.6 Å². The van der Waals surface area contributed by atoms with Gasteiger partial charge in [0.25, 0.3) is 0 Å². The fourth-order valence-electron chi connectivity index (χ4n) is 1.40. The molecule has 1 heteroatoms. The summed E-state index contributed by atoms with van der Waals surface area (Å²) in [5.41, 5.74) is 4.68. The van der Waals surface area contributed by atoms with Gasteiger partial charge < -0.3 is 0 Å². The Kier molecular flexibility index (Phi) is 8.90. The zero-order valence-electron chi connectivity index (χ0n) is 12.3. The van der Waals surface area contributed by atoms with Crippen LogP contribution in [0.5, 0.6) is 0 Å². The first-order chi connectivity index (χ1) is 7.95. The second-order valence-electron chi connectivity index (χ2n) is 5.65. The predicted octanol–water partition coefficient (Wildman–Crippen LogP) is 5.34. The molecule has 0 aliphatic heterocycles. The summed E-state index contributed by atoms with van der Waals surface area (Å²) in [5.74, 6) is 3.16. The summed E-state index contributed by atoms with van der Waals surface area (Å²) < 4.78 is 0. The van der Waals surface area contributed by atoms with E-state index in [1.165, 1.54) is 37.7 Å². The summed E-state index contributed by atoms with van der Waals surface area (Å²) >= 11 is 0. The van der Waals surface area contributed by atoms with Gasteiger partial charge in [-0.25, -0.2) is 0 Å². The van der Waals surface area contributed by atoms with Crippen molar-refractivity contribution in [1.29, 1.82) is 0 Å². The zero-order valence-corrected chi connectivity index (χ0v) is 13.3. The van der Waals surface area contributed by atoms with E-state index in [0.29, 0.717) is 0 Å². The minimum absolute atomic E-state index is 1.20. The van der Waals surface area contributed by atoms with Crippen LogP contribution in [0.2, 0.25) is 19.6 Å². The van der Waals surface area contributed by atoms with Crippen molar-refractivity contribution in [3.8, 4) is 11.5 Å². The summed E-state index contributed by atoms with van der Waals surface area (Å²) in [4.78, 5) is 0. The number of hydrogen-bond acceptors (Lipinski definition) is 0. The largest absolute Gasteiger partial charge is 0.129 e. The molecule has 0 aliphatic carbocycles. The average molecular weight is 248 g/mol. The molecule has 0 rings (SSSR count). The van der Waals surface area contributed by atoms with Crippen LogP contribution in [0.3, 0.4) is 0 Å². The van der Waals surface area contributed by atoms with Gasteiger partial charge in [0.1, 0.15) is 8.07 Å². The molecule has 17 heavy (non-hydrogen) atoms. The molecule has 0 aromatic carbocycles. The van der Waals surface area contributed by atoms with Crippen molar-refractivity contribution in [1.82, 2.24) is 0 Å². The molecule has 0 radical (unpaired) electrons. The SMILES string of the molecule is CCCCCC/C=C(C)\C=C\C#C[Si](C)(C)C. The van der Waals surface area contributed by atoms with E-state index >= 15 is 0 Å². The summed E-state index contributed by atoms with van der Waals surface area (Å²) in [5, 5.41) is 0. The van der Waals surface area contributed by atoms with Gasteiger partial charge in [-0.2, -0.15) is 0 Å². The summed E-state index contributed by atoms with van der Waals surface area (Å²) in [6.45, 7) is 11.2. The minimum atomic E-state index is -1.20. The van der Waals surface area contributed by atoms with Gasteiger partial charge in [0.2, 0.25) is 0 Å². The van der Waals surface area contributed by atoms with Crippen molar-refractivity contribution in [3.63, 3.8) is 0 Å². The van der Waals surface area contributed by atoms with Crippen LogP contribution in [-0.4, -0.2) is 8.07 Å². The van der Waals surface area contributed by atoms with Crippen molar-refractivity contribution in [2.75, 3.05) is 0 Å². The van der Waals surface area contributed by atoms with Crippen molar-refractivity contribution < 1.29 is 0 Å².